The Labute approximate surface area is 119 Å². The molecule has 1 heterocycles. The Hall–Kier alpha value is -1.91. The Morgan fingerprint density at radius 3 is 2.90 bits per heavy atom. The number of anilines is 1. The van der Waals surface area contributed by atoms with Gasteiger partial charge in [0.25, 0.3) is 0 Å². The normalized spacial score (nSPS) is 17.7. The third kappa shape index (κ3) is 5.38. The SMILES string of the molecule is O=C(CCCNc1ncccn1)NC[C@@H]1CC=CCC1. The van der Waals surface area contributed by atoms with Crippen molar-refractivity contribution in [1.82, 2.24) is 15.3 Å². The summed E-state index contributed by atoms with van der Waals surface area (Å²) in [5.41, 5.74) is 0. The molecule has 108 valence electrons. The van der Waals surface area contributed by atoms with Crippen LogP contribution >= 0.6 is 0 Å². The van der Waals surface area contributed by atoms with E-state index in [0.717, 1.165) is 25.8 Å². The molecule has 1 aliphatic carbocycles. The number of amides is 1. The quantitative estimate of drug-likeness (QED) is 0.590. The van der Waals surface area contributed by atoms with Crippen LogP contribution in [0.3, 0.4) is 0 Å². The molecule has 0 aliphatic heterocycles. The maximum atomic E-state index is 11.7. The molecule has 0 aromatic carbocycles. The summed E-state index contributed by atoms with van der Waals surface area (Å²) in [6, 6.07) is 1.78. The molecule has 1 atom stereocenters. The standard InChI is InChI=1S/C15H22N4O/c20-14(19-12-13-6-2-1-3-7-13)8-4-9-16-15-17-10-5-11-18-15/h1-2,5,10-11,13H,3-4,6-9,12H2,(H,19,20)(H,16,17,18)/t13-/m1/s1. The van der Waals surface area contributed by atoms with Crippen molar-refractivity contribution in [3.05, 3.63) is 30.6 Å². The molecule has 0 fully saturated rings. The molecule has 2 rings (SSSR count). The van der Waals surface area contributed by atoms with Gasteiger partial charge >= 0.3 is 0 Å². The molecule has 1 amide bonds. The van der Waals surface area contributed by atoms with Crippen LogP contribution in [0.4, 0.5) is 5.95 Å². The molecule has 0 spiro atoms. The molecule has 1 aromatic rings. The van der Waals surface area contributed by atoms with Gasteiger partial charge in [0, 0.05) is 31.9 Å². The fourth-order valence-electron chi connectivity index (χ4n) is 2.23. The van der Waals surface area contributed by atoms with Crippen LogP contribution in [0.1, 0.15) is 32.1 Å². The lowest BCUT2D eigenvalue weighted by Crippen LogP contribution is -2.29. The summed E-state index contributed by atoms with van der Waals surface area (Å²) in [7, 11) is 0. The summed E-state index contributed by atoms with van der Waals surface area (Å²) >= 11 is 0. The van der Waals surface area contributed by atoms with Crippen molar-refractivity contribution in [3.8, 4) is 0 Å². The van der Waals surface area contributed by atoms with Crippen LogP contribution < -0.4 is 10.6 Å². The smallest absolute Gasteiger partial charge is 0.222 e. The van der Waals surface area contributed by atoms with Gasteiger partial charge in [-0.25, -0.2) is 9.97 Å². The van der Waals surface area contributed by atoms with Gasteiger partial charge in [0.1, 0.15) is 0 Å². The van der Waals surface area contributed by atoms with Gasteiger partial charge in [0.15, 0.2) is 0 Å². The summed E-state index contributed by atoms with van der Waals surface area (Å²) in [6.45, 7) is 1.52. The minimum absolute atomic E-state index is 0.135. The van der Waals surface area contributed by atoms with E-state index in [1.807, 2.05) is 0 Å². The van der Waals surface area contributed by atoms with E-state index in [1.165, 1.54) is 6.42 Å². The molecule has 5 heteroatoms. The van der Waals surface area contributed by atoms with Crippen molar-refractivity contribution >= 4 is 11.9 Å². The average molecular weight is 274 g/mol. The number of nitrogens with zero attached hydrogens (tertiary/aromatic N) is 2. The van der Waals surface area contributed by atoms with E-state index in [1.54, 1.807) is 18.5 Å². The van der Waals surface area contributed by atoms with Crippen LogP contribution in [0.2, 0.25) is 0 Å². The van der Waals surface area contributed by atoms with Crippen molar-refractivity contribution in [2.45, 2.75) is 32.1 Å². The highest BCUT2D eigenvalue weighted by atomic mass is 16.1. The molecule has 1 aliphatic rings. The summed E-state index contributed by atoms with van der Waals surface area (Å²) in [5.74, 6) is 1.36. The number of aromatic nitrogens is 2. The van der Waals surface area contributed by atoms with E-state index in [2.05, 4.69) is 32.8 Å². The van der Waals surface area contributed by atoms with E-state index >= 15 is 0 Å². The van der Waals surface area contributed by atoms with Crippen LogP contribution in [-0.2, 0) is 4.79 Å². The van der Waals surface area contributed by atoms with Crippen LogP contribution in [0, 0.1) is 5.92 Å². The minimum Gasteiger partial charge on any atom is -0.356 e. The van der Waals surface area contributed by atoms with Gasteiger partial charge in [0.2, 0.25) is 11.9 Å². The molecule has 5 nitrogen and oxygen atoms in total. The van der Waals surface area contributed by atoms with E-state index < -0.39 is 0 Å². The molecule has 0 radical (unpaired) electrons. The van der Waals surface area contributed by atoms with Crippen LogP contribution in [0.5, 0.6) is 0 Å². The van der Waals surface area contributed by atoms with Crippen molar-refractivity contribution in [2.24, 2.45) is 5.92 Å². The number of allylic oxidation sites excluding steroid dienone is 2. The van der Waals surface area contributed by atoms with Crippen LogP contribution in [0.15, 0.2) is 30.6 Å². The van der Waals surface area contributed by atoms with Gasteiger partial charge < -0.3 is 10.6 Å². The maximum absolute atomic E-state index is 11.7. The number of hydrogen-bond donors (Lipinski definition) is 2. The highest BCUT2D eigenvalue weighted by molar-refractivity contribution is 5.75. The van der Waals surface area contributed by atoms with Crippen molar-refractivity contribution < 1.29 is 4.79 Å². The highest BCUT2D eigenvalue weighted by Crippen LogP contribution is 2.16. The third-order valence-electron chi connectivity index (χ3n) is 3.40. The summed E-state index contributed by atoms with van der Waals surface area (Å²) in [6.07, 6.45) is 12.6. The second-order valence-corrected chi connectivity index (χ2v) is 5.06. The van der Waals surface area contributed by atoms with Gasteiger partial charge in [-0.15, -0.1) is 0 Å². The van der Waals surface area contributed by atoms with E-state index in [-0.39, 0.29) is 5.91 Å². The van der Waals surface area contributed by atoms with E-state index in [9.17, 15) is 4.79 Å². The van der Waals surface area contributed by atoms with Gasteiger partial charge in [-0.05, 0) is 37.7 Å². The zero-order valence-corrected chi connectivity index (χ0v) is 11.7. The van der Waals surface area contributed by atoms with Crippen molar-refractivity contribution in [2.75, 3.05) is 18.4 Å². The maximum Gasteiger partial charge on any atom is 0.222 e. The molecule has 2 N–H and O–H groups in total. The molecular formula is C15H22N4O. The summed E-state index contributed by atoms with van der Waals surface area (Å²) < 4.78 is 0. The first-order valence-electron chi connectivity index (χ1n) is 7.27. The Bertz CT molecular complexity index is 433. The Morgan fingerprint density at radius 2 is 2.15 bits per heavy atom. The average Bonchev–Trinajstić information content (AvgIpc) is 2.52. The third-order valence-corrected chi connectivity index (χ3v) is 3.40. The fraction of sp³-hybridized carbons (Fsp3) is 0.533. The zero-order valence-electron chi connectivity index (χ0n) is 11.7. The second kappa shape index (κ2) is 8.30. The largest absolute Gasteiger partial charge is 0.356 e. The summed E-state index contributed by atoms with van der Waals surface area (Å²) in [4.78, 5) is 19.8. The lowest BCUT2D eigenvalue weighted by atomic mass is 9.94. The van der Waals surface area contributed by atoms with Crippen LogP contribution in [0.25, 0.3) is 0 Å². The Morgan fingerprint density at radius 1 is 1.30 bits per heavy atom. The lowest BCUT2D eigenvalue weighted by molar-refractivity contribution is -0.121. The molecule has 0 saturated heterocycles. The van der Waals surface area contributed by atoms with Gasteiger partial charge in [-0.3, -0.25) is 4.79 Å². The lowest BCUT2D eigenvalue weighted by Gasteiger charge is -2.18. The highest BCUT2D eigenvalue weighted by Gasteiger charge is 2.10. The Balaban J connectivity index is 1.53. The molecule has 0 saturated carbocycles. The number of hydrogen-bond acceptors (Lipinski definition) is 4. The predicted molar refractivity (Wildman–Crippen MR) is 79.2 cm³/mol. The first kappa shape index (κ1) is 14.5. The molecule has 0 unspecified atom stereocenters. The molecule has 1 aromatic heterocycles. The van der Waals surface area contributed by atoms with Crippen molar-refractivity contribution in [1.29, 1.82) is 0 Å². The van der Waals surface area contributed by atoms with E-state index in [0.29, 0.717) is 24.8 Å². The second-order valence-electron chi connectivity index (χ2n) is 5.06. The first-order valence-corrected chi connectivity index (χ1v) is 7.27. The first-order chi connectivity index (χ1) is 9.84. The molecular weight excluding hydrogens is 252 g/mol. The molecule has 0 bridgehead atoms. The van der Waals surface area contributed by atoms with E-state index in [4.69, 9.17) is 0 Å². The van der Waals surface area contributed by atoms with Gasteiger partial charge in [-0.2, -0.15) is 0 Å². The predicted octanol–water partition coefficient (Wildman–Crippen LogP) is 2.14. The van der Waals surface area contributed by atoms with Crippen molar-refractivity contribution in [3.63, 3.8) is 0 Å². The zero-order chi connectivity index (χ0) is 14.0. The number of nitrogens with one attached hydrogen (secondary N) is 2. The number of carbonyl (C=O) groups excluding carboxylic acids is 1. The topological polar surface area (TPSA) is 66.9 Å². The summed E-state index contributed by atoms with van der Waals surface area (Å²) in [5, 5.41) is 6.11. The monoisotopic (exact) mass is 274 g/mol. The molecule has 20 heavy (non-hydrogen) atoms. The Kier molecular flexibility index (Phi) is 6.02. The number of rotatable bonds is 7. The van der Waals surface area contributed by atoms with Crippen LogP contribution in [-0.4, -0.2) is 29.0 Å². The van der Waals surface area contributed by atoms with Gasteiger partial charge in [-0.1, -0.05) is 12.2 Å². The number of carbonyl (C=O) groups is 1. The fourth-order valence-corrected chi connectivity index (χ4v) is 2.23. The van der Waals surface area contributed by atoms with Gasteiger partial charge in [0.05, 0.1) is 0 Å². The minimum atomic E-state index is 0.135.